The fourth-order valence-corrected chi connectivity index (χ4v) is 2.43. The number of nitrogens with two attached hydrogens (primary N) is 1. The Kier molecular flexibility index (Phi) is 3.62. The van der Waals surface area contributed by atoms with E-state index in [0.717, 1.165) is 44.0 Å². The fourth-order valence-electron chi connectivity index (χ4n) is 2.43. The summed E-state index contributed by atoms with van der Waals surface area (Å²) in [6.07, 6.45) is 3.09. The molecule has 17 heavy (non-hydrogen) atoms. The van der Waals surface area contributed by atoms with E-state index >= 15 is 0 Å². The molecule has 94 valence electrons. The molecule has 1 aliphatic heterocycles. The van der Waals surface area contributed by atoms with Crippen molar-refractivity contribution < 1.29 is 0 Å². The highest BCUT2D eigenvalue weighted by molar-refractivity contribution is 5.49. The second-order valence-corrected chi connectivity index (χ2v) is 4.84. The van der Waals surface area contributed by atoms with Gasteiger partial charge in [0.1, 0.15) is 11.6 Å². The van der Waals surface area contributed by atoms with Gasteiger partial charge in [-0.3, -0.25) is 0 Å². The Morgan fingerprint density at radius 2 is 1.88 bits per heavy atom. The van der Waals surface area contributed by atoms with Crippen molar-refractivity contribution in [1.82, 2.24) is 9.97 Å². The number of aryl methyl sites for hydroxylation is 2. The average Bonchev–Trinajstić information content (AvgIpc) is 2.33. The Labute approximate surface area is 103 Å². The van der Waals surface area contributed by atoms with Gasteiger partial charge in [-0.1, -0.05) is 6.92 Å². The number of nitrogens with zero attached hydrogens (tertiary/aromatic N) is 3. The lowest BCUT2D eigenvalue weighted by Crippen LogP contribution is -2.40. The highest BCUT2D eigenvalue weighted by atomic mass is 15.2. The third-order valence-corrected chi connectivity index (χ3v) is 3.51. The minimum absolute atomic E-state index is 0.361. The number of hydrogen-bond donors (Lipinski definition) is 1. The molecule has 0 saturated carbocycles. The van der Waals surface area contributed by atoms with Crippen molar-refractivity contribution in [1.29, 1.82) is 0 Å². The average molecular weight is 234 g/mol. The zero-order chi connectivity index (χ0) is 12.4. The Morgan fingerprint density at radius 1 is 1.24 bits per heavy atom. The van der Waals surface area contributed by atoms with Crippen LogP contribution in [0.3, 0.4) is 0 Å². The molecule has 0 unspecified atom stereocenters. The Balaban J connectivity index is 2.28. The number of hydrogen-bond acceptors (Lipinski definition) is 4. The first-order valence-corrected chi connectivity index (χ1v) is 6.46. The van der Waals surface area contributed by atoms with Gasteiger partial charge >= 0.3 is 0 Å². The van der Waals surface area contributed by atoms with E-state index in [1.165, 1.54) is 11.3 Å². The van der Waals surface area contributed by atoms with Crippen molar-refractivity contribution in [3.05, 3.63) is 17.1 Å². The Hall–Kier alpha value is -1.16. The number of anilines is 1. The molecule has 0 amide bonds. The molecular weight excluding hydrogens is 212 g/mol. The summed E-state index contributed by atoms with van der Waals surface area (Å²) >= 11 is 0. The zero-order valence-electron chi connectivity index (χ0n) is 11.0. The number of rotatable bonds is 2. The molecule has 1 aliphatic rings. The molecule has 0 aliphatic carbocycles. The Morgan fingerprint density at radius 3 is 2.47 bits per heavy atom. The molecule has 4 nitrogen and oxygen atoms in total. The molecule has 2 N–H and O–H groups in total. The van der Waals surface area contributed by atoms with Crippen LogP contribution in [-0.2, 0) is 6.42 Å². The standard InChI is InChI=1S/C13H22N4/c1-4-12-9(2)13(16-10(3)15-12)17-7-5-11(14)6-8-17/h11H,4-8,14H2,1-3H3. The molecule has 2 heterocycles. The lowest BCUT2D eigenvalue weighted by atomic mass is 10.1. The van der Waals surface area contributed by atoms with E-state index in [4.69, 9.17) is 5.73 Å². The quantitative estimate of drug-likeness (QED) is 0.844. The third-order valence-electron chi connectivity index (χ3n) is 3.51. The largest absolute Gasteiger partial charge is 0.356 e. The summed E-state index contributed by atoms with van der Waals surface area (Å²) in [5.41, 5.74) is 8.34. The van der Waals surface area contributed by atoms with Crippen LogP contribution in [0.2, 0.25) is 0 Å². The molecular formula is C13H22N4. The Bertz CT molecular complexity index is 395. The van der Waals surface area contributed by atoms with E-state index in [9.17, 15) is 0 Å². The van der Waals surface area contributed by atoms with Crippen molar-refractivity contribution in [2.45, 2.75) is 46.1 Å². The van der Waals surface area contributed by atoms with Crippen LogP contribution in [0.1, 0.15) is 36.8 Å². The van der Waals surface area contributed by atoms with Gasteiger partial charge in [0.15, 0.2) is 0 Å². The van der Waals surface area contributed by atoms with Gasteiger partial charge in [-0.2, -0.15) is 0 Å². The highest BCUT2D eigenvalue weighted by Crippen LogP contribution is 2.23. The van der Waals surface area contributed by atoms with Crippen LogP contribution in [0, 0.1) is 13.8 Å². The normalized spacial score (nSPS) is 17.5. The smallest absolute Gasteiger partial charge is 0.135 e. The minimum atomic E-state index is 0.361. The SMILES string of the molecule is CCc1nc(C)nc(N2CCC(N)CC2)c1C. The number of aromatic nitrogens is 2. The lowest BCUT2D eigenvalue weighted by molar-refractivity contribution is 0.497. The second-order valence-electron chi connectivity index (χ2n) is 4.84. The monoisotopic (exact) mass is 234 g/mol. The van der Waals surface area contributed by atoms with Gasteiger partial charge < -0.3 is 10.6 Å². The molecule has 4 heteroatoms. The van der Waals surface area contributed by atoms with Gasteiger partial charge in [0.2, 0.25) is 0 Å². The van der Waals surface area contributed by atoms with Gasteiger partial charge in [-0.15, -0.1) is 0 Å². The first-order valence-electron chi connectivity index (χ1n) is 6.46. The van der Waals surface area contributed by atoms with Gasteiger partial charge in [0.05, 0.1) is 0 Å². The summed E-state index contributed by atoms with van der Waals surface area (Å²) < 4.78 is 0. The van der Waals surface area contributed by atoms with Crippen LogP contribution in [-0.4, -0.2) is 29.1 Å². The molecule has 0 atom stereocenters. The summed E-state index contributed by atoms with van der Waals surface area (Å²) in [5, 5.41) is 0. The van der Waals surface area contributed by atoms with Gasteiger partial charge in [0, 0.05) is 30.4 Å². The first-order chi connectivity index (χ1) is 8.11. The van der Waals surface area contributed by atoms with Crippen molar-refractivity contribution >= 4 is 5.82 Å². The summed E-state index contributed by atoms with van der Waals surface area (Å²) in [4.78, 5) is 11.5. The predicted molar refractivity (Wildman–Crippen MR) is 70.3 cm³/mol. The predicted octanol–water partition coefficient (Wildman–Crippen LogP) is 1.58. The first kappa shape index (κ1) is 12.3. The summed E-state index contributed by atoms with van der Waals surface area (Å²) in [5.74, 6) is 1.98. The van der Waals surface area contributed by atoms with Crippen molar-refractivity contribution in [3.8, 4) is 0 Å². The molecule has 0 spiro atoms. The van der Waals surface area contributed by atoms with Gasteiger partial charge in [-0.05, 0) is 33.1 Å². The van der Waals surface area contributed by atoms with E-state index in [1.54, 1.807) is 0 Å². The van der Waals surface area contributed by atoms with Crippen molar-refractivity contribution in [3.63, 3.8) is 0 Å². The number of piperidine rings is 1. The lowest BCUT2D eigenvalue weighted by Gasteiger charge is -2.32. The molecule has 2 rings (SSSR count). The molecule has 0 bridgehead atoms. The van der Waals surface area contributed by atoms with Crippen molar-refractivity contribution in [2.24, 2.45) is 5.73 Å². The van der Waals surface area contributed by atoms with E-state index in [1.807, 2.05) is 6.92 Å². The molecule has 1 aromatic rings. The summed E-state index contributed by atoms with van der Waals surface area (Å²) in [6.45, 7) is 8.27. The summed E-state index contributed by atoms with van der Waals surface area (Å²) in [7, 11) is 0. The maximum atomic E-state index is 5.94. The molecule has 1 aromatic heterocycles. The molecule has 0 aromatic carbocycles. The molecule has 1 fully saturated rings. The van der Waals surface area contributed by atoms with E-state index in [2.05, 4.69) is 28.7 Å². The van der Waals surface area contributed by atoms with Crippen molar-refractivity contribution in [2.75, 3.05) is 18.0 Å². The van der Waals surface area contributed by atoms with Crippen LogP contribution >= 0.6 is 0 Å². The fraction of sp³-hybridized carbons (Fsp3) is 0.692. The van der Waals surface area contributed by atoms with E-state index in [-0.39, 0.29) is 0 Å². The second kappa shape index (κ2) is 5.00. The van der Waals surface area contributed by atoms with Gasteiger partial charge in [-0.25, -0.2) is 9.97 Å². The maximum absolute atomic E-state index is 5.94. The highest BCUT2D eigenvalue weighted by Gasteiger charge is 2.20. The van der Waals surface area contributed by atoms with Crippen LogP contribution < -0.4 is 10.6 Å². The zero-order valence-corrected chi connectivity index (χ0v) is 11.0. The van der Waals surface area contributed by atoms with Crippen LogP contribution in [0.25, 0.3) is 0 Å². The van der Waals surface area contributed by atoms with Crippen LogP contribution in [0.5, 0.6) is 0 Å². The van der Waals surface area contributed by atoms with E-state index in [0.29, 0.717) is 6.04 Å². The minimum Gasteiger partial charge on any atom is -0.356 e. The summed E-state index contributed by atoms with van der Waals surface area (Å²) in [6, 6.07) is 0.361. The van der Waals surface area contributed by atoms with E-state index < -0.39 is 0 Å². The maximum Gasteiger partial charge on any atom is 0.135 e. The van der Waals surface area contributed by atoms with Gasteiger partial charge in [0.25, 0.3) is 0 Å². The molecule has 0 radical (unpaired) electrons. The van der Waals surface area contributed by atoms with Crippen LogP contribution in [0.4, 0.5) is 5.82 Å². The topological polar surface area (TPSA) is 55.0 Å². The third kappa shape index (κ3) is 2.57. The molecule has 1 saturated heterocycles. The van der Waals surface area contributed by atoms with Crippen LogP contribution in [0.15, 0.2) is 0 Å².